The van der Waals surface area contributed by atoms with E-state index >= 15 is 8.78 Å². The molecule has 2 aliphatic carbocycles. The summed E-state index contributed by atoms with van der Waals surface area (Å²) in [5, 5.41) is -3.84. The van der Waals surface area contributed by atoms with Gasteiger partial charge in [-0.2, -0.15) is 35.1 Å². The van der Waals surface area contributed by atoms with Gasteiger partial charge in [0.25, 0.3) is 0 Å². The summed E-state index contributed by atoms with van der Waals surface area (Å²) in [4.78, 5) is 14.2. The van der Waals surface area contributed by atoms with E-state index < -0.39 is 71.0 Å². The first-order valence-electron chi connectivity index (χ1n) is 18.5. The van der Waals surface area contributed by atoms with E-state index in [9.17, 15) is 43.9 Å². The van der Waals surface area contributed by atoms with Gasteiger partial charge in [0.2, 0.25) is 10.8 Å². The van der Waals surface area contributed by atoms with Crippen molar-refractivity contribution in [3.63, 3.8) is 0 Å². The van der Waals surface area contributed by atoms with E-state index in [0.29, 0.717) is 11.1 Å². The minimum atomic E-state index is -5.23. The van der Waals surface area contributed by atoms with Crippen molar-refractivity contribution in [2.45, 2.75) is 46.9 Å². The topological polar surface area (TPSA) is 57.5 Å². The standard InChI is InChI=1S/2C22H15F6PS.HO3P/c2*23-18-11-12-20(24,22(27,28)21(18,25)26)29(17-9-5-2-6-10-17)19-13-16(14-30-19)15-7-3-1-4-8-15;1-4(2)3/h2*1-14,18H;(H-,1,2,3)/p+1. The van der Waals surface area contributed by atoms with Crippen molar-refractivity contribution in [2.24, 2.45) is 0 Å². The molecule has 0 radical (unpaired) electrons. The van der Waals surface area contributed by atoms with Crippen molar-refractivity contribution in [2.75, 3.05) is 0 Å². The Morgan fingerprint density at radius 1 is 0.469 bits per heavy atom. The van der Waals surface area contributed by atoms with Gasteiger partial charge in [0.1, 0.15) is 0 Å². The van der Waals surface area contributed by atoms with E-state index in [-0.39, 0.29) is 44.1 Å². The summed E-state index contributed by atoms with van der Waals surface area (Å²) in [6.45, 7) is 0. The molecule has 2 aromatic heterocycles. The van der Waals surface area contributed by atoms with Crippen LogP contribution in [0.25, 0.3) is 22.3 Å². The number of thiophene rings is 2. The second kappa shape index (κ2) is 19.3. The second-order valence-electron chi connectivity index (χ2n) is 13.9. The van der Waals surface area contributed by atoms with Gasteiger partial charge in [-0.25, -0.2) is 17.6 Å². The van der Waals surface area contributed by atoms with Crippen LogP contribution in [0.4, 0.5) is 52.7 Å². The first-order valence-corrected chi connectivity index (χ1v) is 24.1. The average molecular weight is 994 g/mol. The van der Waals surface area contributed by atoms with E-state index in [4.69, 9.17) is 14.4 Å². The van der Waals surface area contributed by atoms with Gasteiger partial charge < -0.3 is 0 Å². The van der Waals surface area contributed by atoms with E-state index in [2.05, 4.69) is 0 Å². The number of alkyl halides is 12. The van der Waals surface area contributed by atoms with Crippen molar-refractivity contribution >= 4 is 66.6 Å². The van der Waals surface area contributed by atoms with Gasteiger partial charge in [-0.3, -0.25) is 0 Å². The van der Waals surface area contributed by atoms with Crippen LogP contribution in [0.3, 0.4) is 0 Å². The fourth-order valence-corrected chi connectivity index (χ4v) is 15.3. The molecule has 0 fully saturated rings. The number of halogens is 12. The average Bonchev–Trinajstić information content (AvgIpc) is 3.96. The van der Waals surface area contributed by atoms with Crippen LogP contribution in [-0.4, -0.2) is 56.6 Å². The van der Waals surface area contributed by atoms with Crippen LogP contribution in [0.15, 0.2) is 169 Å². The minimum Gasteiger partial charge on any atom is -0.236 e. The summed E-state index contributed by atoms with van der Waals surface area (Å²) in [7, 11) is -8.11. The van der Waals surface area contributed by atoms with Gasteiger partial charge in [0, 0.05) is 29.6 Å². The highest BCUT2D eigenvalue weighted by atomic mass is 32.1. The Morgan fingerprint density at radius 3 is 1.05 bits per heavy atom. The highest BCUT2D eigenvalue weighted by Gasteiger charge is 2.77. The third-order valence-corrected chi connectivity index (χ3v) is 18.0. The number of hydrogen-bond acceptors (Lipinski definition) is 3. The Labute approximate surface area is 369 Å². The predicted molar refractivity (Wildman–Crippen MR) is 232 cm³/mol. The molecule has 64 heavy (non-hydrogen) atoms. The lowest BCUT2D eigenvalue weighted by atomic mass is 9.95. The minimum absolute atomic E-state index is 0.161. The summed E-state index contributed by atoms with van der Waals surface area (Å²) in [5.74, 6) is -20.8. The predicted octanol–water partition coefficient (Wildman–Crippen LogP) is 13.0. The third kappa shape index (κ3) is 9.27. The molecular formula is C44H32F12O3P3S2+. The molecule has 336 valence electrons. The van der Waals surface area contributed by atoms with E-state index in [0.717, 1.165) is 33.8 Å². The van der Waals surface area contributed by atoms with Crippen LogP contribution in [0, 0.1) is 0 Å². The summed E-state index contributed by atoms with van der Waals surface area (Å²) < 4.78 is 184. The highest BCUT2D eigenvalue weighted by Crippen LogP contribution is 2.66. The van der Waals surface area contributed by atoms with Crippen molar-refractivity contribution in [3.05, 3.63) is 169 Å². The molecule has 6 unspecified atom stereocenters. The lowest BCUT2D eigenvalue weighted by molar-refractivity contribution is -0.263. The molecule has 2 N–H and O–H groups in total. The zero-order valence-corrected chi connectivity index (χ0v) is 36.6. The molecule has 4 aromatic carbocycles. The Balaban J connectivity index is 0.000000196. The van der Waals surface area contributed by atoms with Gasteiger partial charge in [-0.1, -0.05) is 121 Å². The molecule has 20 heteroatoms. The quantitative estimate of drug-likeness (QED) is 0.0908. The molecule has 3 nitrogen and oxygen atoms in total. The molecule has 0 aliphatic heterocycles. The number of rotatable bonds is 8. The molecule has 0 saturated heterocycles. The van der Waals surface area contributed by atoms with Crippen molar-refractivity contribution < 1.29 is 67.0 Å². The van der Waals surface area contributed by atoms with Crippen molar-refractivity contribution in [1.29, 1.82) is 0 Å². The molecule has 0 amide bonds. The normalized spacial score (nSPS) is 24.5. The summed E-state index contributed by atoms with van der Waals surface area (Å²) in [6.07, 6.45) is -5.52. The molecule has 0 bridgehead atoms. The fraction of sp³-hybridized carbons (Fsp3) is 0.182. The molecule has 6 atom stereocenters. The molecule has 8 rings (SSSR count). The Bertz CT molecular complexity index is 2390. The molecule has 2 aliphatic rings. The van der Waals surface area contributed by atoms with Gasteiger partial charge in [0.05, 0.1) is 0 Å². The third-order valence-electron chi connectivity index (χ3n) is 9.89. The number of benzene rings is 4. The maximum Gasteiger partial charge on any atom is 0.692 e. The van der Waals surface area contributed by atoms with Crippen molar-refractivity contribution in [1.82, 2.24) is 0 Å². The lowest BCUT2D eigenvalue weighted by Gasteiger charge is -2.43. The molecule has 2 heterocycles. The van der Waals surface area contributed by atoms with Crippen LogP contribution >= 0.6 is 46.8 Å². The maximum absolute atomic E-state index is 16.0. The first-order chi connectivity index (χ1) is 30.1. The van der Waals surface area contributed by atoms with Gasteiger partial charge in [0.15, 0.2) is 12.3 Å². The smallest absolute Gasteiger partial charge is 0.236 e. The van der Waals surface area contributed by atoms with Gasteiger partial charge in [-0.05, 0) is 80.1 Å². The van der Waals surface area contributed by atoms with Crippen LogP contribution in [0.5, 0.6) is 0 Å². The summed E-state index contributed by atoms with van der Waals surface area (Å²) in [6, 6.07) is 36.2. The SMILES string of the molecule is FC1C=CC(F)(P(c2ccccc2)c2cc(-c3ccccc3)cs2)C(F)(F)C1(F)F.FC1C=CC(F)(P(c2ccccc2)c2cc(-c3ccccc3)cs2)C(F)(F)C1(F)F.O=[P+](O)O. The number of hydrogen-bond donors (Lipinski definition) is 2. The van der Waals surface area contributed by atoms with E-state index in [1.165, 1.54) is 48.5 Å². The maximum atomic E-state index is 16.0. The summed E-state index contributed by atoms with van der Waals surface area (Å²) >= 11 is 2.05. The number of allylic oxidation sites excluding steroid dienone is 4. The lowest BCUT2D eigenvalue weighted by Crippen LogP contribution is -2.62. The van der Waals surface area contributed by atoms with E-state index in [1.54, 1.807) is 83.6 Å². The van der Waals surface area contributed by atoms with Gasteiger partial charge >= 0.3 is 31.9 Å². The highest BCUT2D eigenvalue weighted by molar-refractivity contribution is 7.79. The molecule has 0 spiro atoms. The van der Waals surface area contributed by atoms with Crippen molar-refractivity contribution in [3.8, 4) is 22.3 Å². The van der Waals surface area contributed by atoms with Crippen LogP contribution in [0.2, 0.25) is 0 Å². The molecular weight excluding hydrogens is 962 g/mol. The van der Waals surface area contributed by atoms with Crippen LogP contribution < -0.4 is 19.8 Å². The summed E-state index contributed by atoms with van der Waals surface area (Å²) in [5.41, 5.74) is 2.91. The molecule has 6 aromatic rings. The molecule has 0 saturated carbocycles. The monoisotopic (exact) mass is 993 g/mol. The zero-order chi connectivity index (χ0) is 46.7. The van der Waals surface area contributed by atoms with Crippen LogP contribution in [-0.2, 0) is 4.57 Å². The first kappa shape index (κ1) is 49.2. The van der Waals surface area contributed by atoms with Crippen LogP contribution in [0.1, 0.15) is 0 Å². The second-order valence-corrected chi connectivity index (χ2v) is 21.5. The Kier molecular flexibility index (Phi) is 14.9. The Morgan fingerprint density at radius 2 is 0.750 bits per heavy atom. The fourth-order valence-electron chi connectivity index (χ4n) is 6.67. The largest absolute Gasteiger partial charge is 0.692 e. The zero-order valence-electron chi connectivity index (χ0n) is 32.3. The Hall–Kier alpha value is -4.20. The van der Waals surface area contributed by atoms with E-state index in [1.807, 2.05) is 12.1 Å². The van der Waals surface area contributed by atoms with Gasteiger partial charge in [-0.15, -0.1) is 32.5 Å².